The van der Waals surface area contributed by atoms with E-state index in [1.54, 1.807) is 30.1 Å². The Balaban J connectivity index is 1.65. The summed E-state index contributed by atoms with van der Waals surface area (Å²) in [6.45, 7) is 3.23. The molecule has 7 nitrogen and oxygen atoms in total. The van der Waals surface area contributed by atoms with Gasteiger partial charge in [0.2, 0.25) is 5.91 Å². The normalized spacial score (nSPS) is 13.8. The standard InChI is InChI=1S/C26H26FN3O4/c1-16(29-26(32)17(2)31)25(18-5-4-6-22(13-18)33-3)34-23-11-12-24-19(14-23)15-28-30(24)21-9-7-20(27)8-10-21/h4-17,25,31H,1-3H3,(H,29,32)/t16-,17-,25+/m0/s1. The van der Waals surface area contributed by atoms with Crippen molar-refractivity contribution < 1.29 is 23.8 Å². The summed E-state index contributed by atoms with van der Waals surface area (Å²) in [5.41, 5.74) is 2.39. The fraction of sp³-hybridized carbons (Fsp3) is 0.231. The van der Waals surface area contributed by atoms with Gasteiger partial charge in [-0.15, -0.1) is 0 Å². The van der Waals surface area contributed by atoms with Crippen molar-refractivity contribution in [3.05, 3.63) is 84.3 Å². The minimum atomic E-state index is -1.14. The van der Waals surface area contributed by atoms with Gasteiger partial charge in [-0.25, -0.2) is 9.07 Å². The van der Waals surface area contributed by atoms with Gasteiger partial charge in [-0.05, 0) is 74.0 Å². The third kappa shape index (κ3) is 5.02. The van der Waals surface area contributed by atoms with Crippen molar-refractivity contribution in [2.45, 2.75) is 32.1 Å². The molecule has 0 aliphatic heterocycles. The molecule has 176 valence electrons. The Hall–Kier alpha value is -3.91. The molecule has 0 fully saturated rings. The first-order valence-electron chi connectivity index (χ1n) is 10.9. The molecule has 4 rings (SSSR count). The van der Waals surface area contributed by atoms with Crippen molar-refractivity contribution >= 4 is 16.8 Å². The average Bonchev–Trinajstić information content (AvgIpc) is 3.26. The molecule has 1 amide bonds. The maximum Gasteiger partial charge on any atom is 0.248 e. The predicted molar refractivity (Wildman–Crippen MR) is 127 cm³/mol. The molecule has 8 heteroatoms. The fourth-order valence-electron chi connectivity index (χ4n) is 3.72. The summed E-state index contributed by atoms with van der Waals surface area (Å²) in [4.78, 5) is 12.1. The molecule has 0 radical (unpaired) electrons. The zero-order valence-electron chi connectivity index (χ0n) is 19.1. The van der Waals surface area contributed by atoms with Crippen molar-refractivity contribution in [1.29, 1.82) is 0 Å². The molecule has 3 aromatic carbocycles. The number of aliphatic hydroxyl groups excluding tert-OH is 1. The number of rotatable bonds is 8. The van der Waals surface area contributed by atoms with Gasteiger partial charge in [0.15, 0.2) is 0 Å². The van der Waals surface area contributed by atoms with Gasteiger partial charge in [0, 0.05) is 5.39 Å². The summed E-state index contributed by atoms with van der Waals surface area (Å²) < 4.78 is 26.7. The molecule has 34 heavy (non-hydrogen) atoms. The summed E-state index contributed by atoms with van der Waals surface area (Å²) in [5.74, 6) is 0.449. The Labute approximate surface area is 196 Å². The SMILES string of the molecule is COc1cccc([C@H](Oc2ccc3c(cnn3-c3ccc(F)cc3)c2)[C@H](C)NC(=O)[C@H](C)O)c1. The molecule has 3 atom stereocenters. The number of amides is 1. The summed E-state index contributed by atoms with van der Waals surface area (Å²) in [5, 5.41) is 17.7. The first-order chi connectivity index (χ1) is 16.4. The minimum absolute atomic E-state index is 0.309. The van der Waals surface area contributed by atoms with Crippen LogP contribution in [0.5, 0.6) is 11.5 Å². The van der Waals surface area contributed by atoms with Crippen LogP contribution in [0.25, 0.3) is 16.6 Å². The third-order valence-electron chi connectivity index (χ3n) is 5.50. The van der Waals surface area contributed by atoms with Crippen molar-refractivity contribution in [3.8, 4) is 17.2 Å². The highest BCUT2D eigenvalue weighted by Crippen LogP contribution is 2.30. The van der Waals surface area contributed by atoms with Crippen molar-refractivity contribution in [2.24, 2.45) is 0 Å². The summed E-state index contributed by atoms with van der Waals surface area (Å²) in [6, 6.07) is 18.6. The van der Waals surface area contributed by atoms with E-state index in [0.29, 0.717) is 11.5 Å². The number of hydrogen-bond acceptors (Lipinski definition) is 5. The van der Waals surface area contributed by atoms with Crippen LogP contribution in [0.1, 0.15) is 25.5 Å². The van der Waals surface area contributed by atoms with Crippen LogP contribution in [0, 0.1) is 5.82 Å². The maximum absolute atomic E-state index is 13.3. The number of aliphatic hydroxyl groups is 1. The van der Waals surface area contributed by atoms with E-state index in [-0.39, 0.29) is 5.82 Å². The van der Waals surface area contributed by atoms with Crippen LogP contribution in [0.3, 0.4) is 0 Å². The molecule has 0 saturated carbocycles. The third-order valence-corrected chi connectivity index (χ3v) is 5.50. The van der Waals surface area contributed by atoms with Crippen molar-refractivity contribution in [3.63, 3.8) is 0 Å². The minimum Gasteiger partial charge on any atom is -0.497 e. The molecule has 4 aromatic rings. The van der Waals surface area contributed by atoms with E-state index < -0.39 is 24.2 Å². The van der Waals surface area contributed by atoms with E-state index in [9.17, 15) is 14.3 Å². The number of aromatic nitrogens is 2. The molecule has 0 spiro atoms. The number of carbonyl (C=O) groups excluding carboxylic acids is 1. The van der Waals surface area contributed by atoms with Gasteiger partial charge in [-0.2, -0.15) is 5.10 Å². The molecule has 0 saturated heterocycles. The van der Waals surface area contributed by atoms with Crippen LogP contribution < -0.4 is 14.8 Å². The molecular weight excluding hydrogens is 437 g/mol. The van der Waals surface area contributed by atoms with E-state index in [1.165, 1.54) is 19.1 Å². The highest BCUT2D eigenvalue weighted by atomic mass is 19.1. The smallest absolute Gasteiger partial charge is 0.248 e. The van der Waals surface area contributed by atoms with Gasteiger partial charge in [0.05, 0.1) is 30.6 Å². The summed E-state index contributed by atoms with van der Waals surface area (Å²) >= 11 is 0. The average molecular weight is 464 g/mol. The van der Waals surface area contributed by atoms with Crippen LogP contribution in [0.15, 0.2) is 72.9 Å². The van der Waals surface area contributed by atoms with E-state index in [2.05, 4.69) is 10.4 Å². The molecule has 2 N–H and O–H groups in total. The molecule has 1 heterocycles. The number of methoxy groups -OCH3 is 1. The van der Waals surface area contributed by atoms with Gasteiger partial charge in [-0.1, -0.05) is 12.1 Å². The Morgan fingerprint density at radius 2 is 1.82 bits per heavy atom. The lowest BCUT2D eigenvalue weighted by molar-refractivity contribution is -0.129. The number of ether oxygens (including phenoxy) is 2. The second-order valence-electron chi connectivity index (χ2n) is 8.04. The monoisotopic (exact) mass is 463 g/mol. The van der Waals surface area contributed by atoms with E-state index in [1.807, 2.05) is 49.4 Å². The topological polar surface area (TPSA) is 85.6 Å². The quantitative estimate of drug-likeness (QED) is 0.410. The van der Waals surface area contributed by atoms with Crippen LogP contribution in [-0.2, 0) is 4.79 Å². The molecule has 0 bridgehead atoms. The highest BCUT2D eigenvalue weighted by molar-refractivity contribution is 5.82. The molecule has 0 aliphatic rings. The molecular formula is C26H26FN3O4. The first-order valence-corrected chi connectivity index (χ1v) is 10.9. The van der Waals surface area contributed by atoms with Gasteiger partial charge in [0.1, 0.15) is 29.5 Å². The lowest BCUT2D eigenvalue weighted by atomic mass is 10.0. The Morgan fingerprint density at radius 1 is 1.06 bits per heavy atom. The lowest BCUT2D eigenvalue weighted by Gasteiger charge is -2.27. The van der Waals surface area contributed by atoms with Gasteiger partial charge in [-0.3, -0.25) is 4.79 Å². The first kappa shape index (κ1) is 23.3. The Kier molecular flexibility index (Phi) is 6.79. The van der Waals surface area contributed by atoms with Crippen LogP contribution >= 0.6 is 0 Å². The number of nitrogens with zero attached hydrogens (tertiary/aromatic N) is 2. The number of halogens is 1. The second kappa shape index (κ2) is 9.93. The number of nitrogens with one attached hydrogen (secondary N) is 1. The Morgan fingerprint density at radius 3 is 2.53 bits per heavy atom. The zero-order chi connectivity index (χ0) is 24.2. The van der Waals surface area contributed by atoms with Crippen LogP contribution in [-0.4, -0.2) is 40.0 Å². The summed E-state index contributed by atoms with van der Waals surface area (Å²) in [6.07, 6.45) is 0.0227. The fourth-order valence-corrected chi connectivity index (χ4v) is 3.72. The molecule has 1 aromatic heterocycles. The number of carbonyl (C=O) groups is 1. The van der Waals surface area contributed by atoms with Crippen LogP contribution in [0.4, 0.5) is 4.39 Å². The summed E-state index contributed by atoms with van der Waals surface area (Å²) in [7, 11) is 1.58. The predicted octanol–water partition coefficient (Wildman–Crippen LogP) is 4.18. The van der Waals surface area contributed by atoms with Gasteiger partial charge >= 0.3 is 0 Å². The molecule has 0 aliphatic carbocycles. The van der Waals surface area contributed by atoms with E-state index in [0.717, 1.165) is 22.2 Å². The van der Waals surface area contributed by atoms with Gasteiger partial charge in [0.25, 0.3) is 0 Å². The maximum atomic E-state index is 13.3. The van der Waals surface area contributed by atoms with Crippen LogP contribution in [0.2, 0.25) is 0 Å². The number of hydrogen-bond donors (Lipinski definition) is 2. The van der Waals surface area contributed by atoms with Crippen molar-refractivity contribution in [2.75, 3.05) is 7.11 Å². The number of fused-ring (bicyclic) bond motifs is 1. The van der Waals surface area contributed by atoms with E-state index >= 15 is 0 Å². The molecule has 0 unspecified atom stereocenters. The van der Waals surface area contributed by atoms with Gasteiger partial charge < -0.3 is 19.9 Å². The number of benzene rings is 3. The zero-order valence-corrected chi connectivity index (χ0v) is 19.1. The lowest BCUT2D eigenvalue weighted by Crippen LogP contribution is -2.43. The highest BCUT2D eigenvalue weighted by Gasteiger charge is 2.25. The largest absolute Gasteiger partial charge is 0.497 e. The Bertz CT molecular complexity index is 1290. The van der Waals surface area contributed by atoms with Crippen molar-refractivity contribution in [1.82, 2.24) is 15.1 Å². The van der Waals surface area contributed by atoms with E-state index in [4.69, 9.17) is 9.47 Å². The second-order valence-corrected chi connectivity index (χ2v) is 8.04.